The molecule has 1 aromatic rings. The van der Waals surface area contributed by atoms with E-state index in [4.69, 9.17) is 14.3 Å². The summed E-state index contributed by atoms with van der Waals surface area (Å²) in [5.41, 5.74) is 0. The average molecular weight is 368 g/mol. The first kappa shape index (κ1) is 17.2. The molecular formula is C12H18BrNO5S. The lowest BCUT2D eigenvalue weighted by Crippen LogP contribution is -2.26. The molecule has 0 aromatic heterocycles. The number of benzene rings is 1. The Kier molecular flexibility index (Phi) is 6.25. The molecule has 1 aromatic carbocycles. The molecular weight excluding hydrogens is 350 g/mol. The highest BCUT2D eigenvalue weighted by atomic mass is 79.9. The number of rotatable bonds is 7. The van der Waals surface area contributed by atoms with Crippen molar-refractivity contribution in [1.82, 2.24) is 4.89 Å². The summed E-state index contributed by atoms with van der Waals surface area (Å²) >= 11 is 3.20. The summed E-state index contributed by atoms with van der Waals surface area (Å²) in [4.78, 5) is 7.06. The van der Waals surface area contributed by atoms with E-state index in [0.717, 1.165) is 0 Å². The Morgan fingerprint density at radius 2 is 1.75 bits per heavy atom. The number of hydrogen-bond acceptors (Lipinski definition) is 5. The van der Waals surface area contributed by atoms with Gasteiger partial charge in [-0.05, 0) is 27.9 Å². The third-order valence-corrected chi connectivity index (χ3v) is 4.49. The number of ether oxygens (including phenoxy) is 2. The monoisotopic (exact) mass is 367 g/mol. The molecule has 8 heteroatoms. The van der Waals surface area contributed by atoms with Crippen molar-refractivity contribution in [3.05, 3.63) is 16.6 Å². The highest BCUT2D eigenvalue weighted by molar-refractivity contribution is 9.10. The van der Waals surface area contributed by atoms with Gasteiger partial charge in [0.2, 0.25) is 0 Å². The van der Waals surface area contributed by atoms with Crippen LogP contribution in [0.25, 0.3) is 0 Å². The minimum Gasteiger partial charge on any atom is -0.493 e. The molecule has 1 rings (SSSR count). The zero-order chi connectivity index (χ0) is 15.3. The average Bonchev–Trinajstić information content (AvgIpc) is 2.37. The van der Waals surface area contributed by atoms with Gasteiger partial charge in [0.15, 0.2) is 11.5 Å². The van der Waals surface area contributed by atoms with Gasteiger partial charge in [-0.15, -0.1) is 0 Å². The lowest BCUT2D eigenvalue weighted by atomic mass is 10.2. The van der Waals surface area contributed by atoms with Gasteiger partial charge < -0.3 is 9.47 Å². The smallest absolute Gasteiger partial charge is 0.263 e. The normalized spacial score (nSPS) is 11.7. The van der Waals surface area contributed by atoms with Crippen LogP contribution in [0.5, 0.6) is 11.5 Å². The first-order valence-corrected chi connectivity index (χ1v) is 8.14. The van der Waals surface area contributed by atoms with Gasteiger partial charge in [-0.1, -0.05) is 18.7 Å². The third kappa shape index (κ3) is 4.34. The summed E-state index contributed by atoms with van der Waals surface area (Å²) in [5.74, 6) is 0.966. The van der Waals surface area contributed by atoms with Crippen LogP contribution < -0.4 is 14.4 Å². The van der Waals surface area contributed by atoms with E-state index < -0.39 is 10.0 Å². The summed E-state index contributed by atoms with van der Waals surface area (Å²) in [7, 11) is -0.889. The van der Waals surface area contributed by atoms with E-state index >= 15 is 0 Å². The van der Waals surface area contributed by atoms with E-state index in [9.17, 15) is 8.42 Å². The van der Waals surface area contributed by atoms with Gasteiger partial charge in [0.1, 0.15) is 4.90 Å². The summed E-state index contributed by atoms with van der Waals surface area (Å²) in [6, 6.07) is 2.89. The second kappa shape index (κ2) is 7.26. The maximum Gasteiger partial charge on any atom is 0.263 e. The molecule has 0 amide bonds. The van der Waals surface area contributed by atoms with Gasteiger partial charge in [0.25, 0.3) is 10.0 Å². The van der Waals surface area contributed by atoms with Crippen LogP contribution in [0.2, 0.25) is 0 Å². The number of methoxy groups -OCH3 is 2. The van der Waals surface area contributed by atoms with Crippen LogP contribution in [0.4, 0.5) is 0 Å². The van der Waals surface area contributed by atoms with Crippen molar-refractivity contribution in [2.24, 2.45) is 5.92 Å². The largest absolute Gasteiger partial charge is 0.493 e. The summed E-state index contributed by atoms with van der Waals surface area (Å²) in [5, 5.41) is 0. The van der Waals surface area contributed by atoms with E-state index in [2.05, 4.69) is 20.8 Å². The Morgan fingerprint density at radius 3 is 2.25 bits per heavy atom. The van der Waals surface area contributed by atoms with Crippen molar-refractivity contribution >= 4 is 26.0 Å². The zero-order valence-corrected chi connectivity index (χ0v) is 14.2. The van der Waals surface area contributed by atoms with Gasteiger partial charge in [0.05, 0.1) is 20.8 Å². The van der Waals surface area contributed by atoms with E-state index in [1.54, 1.807) is 0 Å². The first-order valence-electron chi connectivity index (χ1n) is 5.87. The molecule has 0 spiro atoms. The van der Waals surface area contributed by atoms with Crippen molar-refractivity contribution in [2.45, 2.75) is 18.7 Å². The second-order valence-corrected chi connectivity index (χ2v) is 6.90. The highest BCUT2D eigenvalue weighted by Crippen LogP contribution is 2.35. The molecule has 0 bridgehead atoms. The van der Waals surface area contributed by atoms with Gasteiger partial charge in [-0.2, -0.15) is 0 Å². The number of sulfonamides is 1. The van der Waals surface area contributed by atoms with Crippen molar-refractivity contribution in [3.8, 4) is 11.5 Å². The highest BCUT2D eigenvalue weighted by Gasteiger charge is 2.21. The Balaban J connectivity index is 3.05. The fourth-order valence-electron chi connectivity index (χ4n) is 1.36. The van der Waals surface area contributed by atoms with Crippen LogP contribution in [0.3, 0.4) is 0 Å². The number of nitrogens with one attached hydrogen (secondary N) is 1. The molecule has 0 aliphatic rings. The van der Waals surface area contributed by atoms with Crippen LogP contribution in [-0.4, -0.2) is 29.2 Å². The van der Waals surface area contributed by atoms with E-state index in [1.165, 1.54) is 26.4 Å². The zero-order valence-electron chi connectivity index (χ0n) is 11.8. The van der Waals surface area contributed by atoms with Crippen molar-refractivity contribution in [2.75, 3.05) is 20.8 Å². The predicted octanol–water partition coefficient (Wildman–Crippen LogP) is 2.33. The molecule has 0 radical (unpaired) electrons. The van der Waals surface area contributed by atoms with Crippen molar-refractivity contribution in [3.63, 3.8) is 0 Å². The van der Waals surface area contributed by atoms with E-state index in [1.807, 2.05) is 13.8 Å². The van der Waals surface area contributed by atoms with Gasteiger partial charge >= 0.3 is 0 Å². The van der Waals surface area contributed by atoms with Gasteiger partial charge in [-0.3, -0.25) is 4.84 Å². The van der Waals surface area contributed by atoms with Crippen molar-refractivity contribution in [1.29, 1.82) is 0 Å². The van der Waals surface area contributed by atoms with E-state index in [-0.39, 0.29) is 17.4 Å². The predicted molar refractivity (Wildman–Crippen MR) is 78.4 cm³/mol. The Labute approximate surface area is 127 Å². The minimum absolute atomic E-state index is 0.0129. The minimum atomic E-state index is -3.80. The topological polar surface area (TPSA) is 73.9 Å². The van der Waals surface area contributed by atoms with Crippen LogP contribution >= 0.6 is 15.9 Å². The molecule has 0 fully saturated rings. The van der Waals surface area contributed by atoms with Crippen LogP contribution in [0.15, 0.2) is 21.5 Å². The van der Waals surface area contributed by atoms with Crippen LogP contribution in [0.1, 0.15) is 13.8 Å². The number of halogens is 1. The molecule has 0 aliphatic heterocycles. The fourth-order valence-corrected chi connectivity index (χ4v) is 3.22. The molecule has 0 aliphatic carbocycles. The molecule has 20 heavy (non-hydrogen) atoms. The second-order valence-electron chi connectivity index (χ2n) is 4.43. The molecule has 6 nitrogen and oxygen atoms in total. The Bertz CT molecular complexity index is 559. The van der Waals surface area contributed by atoms with E-state index in [0.29, 0.717) is 16.0 Å². The summed E-state index contributed by atoms with van der Waals surface area (Å²) < 4.78 is 34.8. The lowest BCUT2D eigenvalue weighted by Gasteiger charge is -2.13. The SMILES string of the molecule is COc1cc(Br)c(S(=O)(=O)NOCC(C)C)cc1OC. The maximum atomic E-state index is 12.1. The molecule has 0 atom stereocenters. The van der Waals surface area contributed by atoms with Crippen LogP contribution in [-0.2, 0) is 14.9 Å². The molecule has 0 heterocycles. The number of hydrogen-bond donors (Lipinski definition) is 1. The van der Waals surface area contributed by atoms with Gasteiger partial charge in [-0.25, -0.2) is 8.42 Å². The maximum absolute atomic E-state index is 12.1. The molecule has 1 N–H and O–H groups in total. The lowest BCUT2D eigenvalue weighted by molar-refractivity contribution is 0.0718. The summed E-state index contributed by atoms with van der Waals surface area (Å²) in [6.07, 6.45) is 0. The third-order valence-electron chi connectivity index (χ3n) is 2.31. The Morgan fingerprint density at radius 1 is 1.20 bits per heavy atom. The van der Waals surface area contributed by atoms with Crippen molar-refractivity contribution < 1.29 is 22.7 Å². The quantitative estimate of drug-likeness (QED) is 0.748. The van der Waals surface area contributed by atoms with Crippen LogP contribution in [0, 0.1) is 5.92 Å². The van der Waals surface area contributed by atoms with Gasteiger partial charge in [0, 0.05) is 10.5 Å². The molecule has 0 unspecified atom stereocenters. The molecule has 0 saturated heterocycles. The molecule has 0 saturated carbocycles. The Hall–Kier alpha value is -0.830. The summed E-state index contributed by atoms with van der Waals surface area (Å²) in [6.45, 7) is 4.12. The first-order chi connectivity index (χ1) is 9.31. The fraction of sp³-hybridized carbons (Fsp3) is 0.500. The molecule has 114 valence electrons. The standard InChI is InChI=1S/C12H18BrNO5S/c1-8(2)7-19-14-20(15,16)12-6-11(18-4)10(17-3)5-9(12)13/h5-6,8,14H,7H2,1-4H3.